The van der Waals surface area contributed by atoms with E-state index in [4.69, 9.17) is 35.4 Å². The molecular weight excluding hydrogens is 399 g/mol. The zero-order chi connectivity index (χ0) is 18.6. The second kappa shape index (κ2) is 8.21. The summed E-state index contributed by atoms with van der Waals surface area (Å²) < 4.78 is 51.2. The normalized spacial score (nSPS) is 11.3. The van der Waals surface area contributed by atoms with Crippen molar-refractivity contribution in [2.45, 2.75) is 19.3 Å². The smallest absolute Gasteiger partial charge is 0.359 e. The van der Waals surface area contributed by atoms with Gasteiger partial charge in [-0.2, -0.15) is 13.2 Å². The average molecular weight is 411 g/mol. The molecule has 0 aliphatic carbocycles. The summed E-state index contributed by atoms with van der Waals surface area (Å²) >= 11 is 16.8. The molecule has 0 saturated heterocycles. The van der Waals surface area contributed by atoms with Gasteiger partial charge in [-0.1, -0.05) is 35.3 Å². The molecule has 2 aromatic rings. The van der Waals surface area contributed by atoms with Crippen LogP contribution in [0, 0.1) is 5.82 Å². The molecule has 0 spiro atoms. The van der Waals surface area contributed by atoms with E-state index in [9.17, 15) is 17.6 Å². The van der Waals surface area contributed by atoms with Crippen LogP contribution < -0.4 is 10.6 Å². The van der Waals surface area contributed by atoms with E-state index >= 15 is 0 Å². The van der Waals surface area contributed by atoms with Crippen LogP contribution in [-0.4, -0.2) is 5.11 Å². The quantitative estimate of drug-likeness (QED) is 0.527. The maximum absolute atomic E-state index is 13.7. The predicted octanol–water partition coefficient (Wildman–Crippen LogP) is 5.32. The number of benzene rings is 2. The molecule has 0 aromatic heterocycles. The number of nitrogens with one attached hydrogen (secondary N) is 2. The van der Waals surface area contributed by atoms with Gasteiger partial charge in [-0.25, -0.2) is 4.39 Å². The predicted molar refractivity (Wildman–Crippen MR) is 94.1 cm³/mol. The van der Waals surface area contributed by atoms with Gasteiger partial charge in [0.05, 0.1) is 15.6 Å². The minimum atomic E-state index is -4.58. The summed E-state index contributed by atoms with van der Waals surface area (Å²) in [6.07, 6.45) is -4.58. The first-order chi connectivity index (χ1) is 11.7. The lowest BCUT2D eigenvalue weighted by atomic mass is 10.1. The van der Waals surface area contributed by atoms with E-state index < -0.39 is 17.6 Å². The van der Waals surface area contributed by atoms with Crippen molar-refractivity contribution in [2.24, 2.45) is 0 Å². The fraction of sp³-hybridized carbons (Fsp3) is 0.188. The molecule has 2 N–H and O–H groups in total. The van der Waals surface area contributed by atoms with Crippen molar-refractivity contribution in [1.82, 2.24) is 10.6 Å². The monoisotopic (exact) mass is 410 g/mol. The number of alkyl halides is 3. The van der Waals surface area contributed by atoms with Crippen molar-refractivity contribution in [3.63, 3.8) is 0 Å². The van der Waals surface area contributed by atoms with Crippen LogP contribution in [0.2, 0.25) is 10.0 Å². The number of hydrogen-bond acceptors (Lipinski definition) is 1. The minimum Gasteiger partial charge on any atom is -0.359 e. The summed E-state index contributed by atoms with van der Waals surface area (Å²) in [6, 6.07) is 7.45. The molecule has 2 aromatic carbocycles. The Kier molecular flexibility index (Phi) is 6.48. The van der Waals surface area contributed by atoms with Gasteiger partial charge in [0, 0.05) is 18.7 Å². The van der Waals surface area contributed by atoms with Crippen LogP contribution in [0.5, 0.6) is 0 Å². The lowest BCUT2D eigenvalue weighted by molar-refractivity contribution is -0.137. The molecule has 0 unspecified atom stereocenters. The van der Waals surface area contributed by atoms with Crippen molar-refractivity contribution in [2.75, 3.05) is 0 Å². The molecule has 2 rings (SSSR count). The van der Waals surface area contributed by atoms with Crippen LogP contribution in [0.25, 0.3) is 0 Å². The second-order valence-corrected chi connectivity index (χ2v) is 6.31. The SMILES string of the molecule is Fc1cc(C(F)(F)F)ccc1CNC(=S)NCc1ccc(Cl)c(Cl)c1. The molecule has 9 heteroatoms. The third-order valence-corrected chi connectivity index (χ3v) is 4.28. The van der Waals surface area contributed by atoms with Gasteiger partial charge in [0.1, 0.15) is 5.82 Å². The van der Waals surface area contributed by atoms with E-state index in [2.05, 4.69) is 10.6 Å². The highest BCUT2D eigenvalue weighted by Gasteiger charge is 2.31. The van der Waals surface area contributed by atoms with Crippen molar-refractivity contribution >= 4 is 40.5 Å². The summed E-state index contributed by atoms with van der Waals surface area (Å²) in [5, 5.41) is 6.69. The van der Waals surface area contributed by atoms with Crippen molar-refractivity contribution in [3.05, 3.63) is 69.0 Å². The molecule has 2 nitrogen and oxygen atoms in total. The highest BCUT2D eigenvalue weighted by Crippen LogP contribution is 2.30. The van der Waals surface area contributed by atoms with Crippen LogP contribution in [0.15, 0.2) is 36.4 Å². The largest absolute Gasteiger partial charge is 0.416 e. The van der Waals surface area contributed by atoms with Gasteiger partial charge in [0.15, 0.2) is 5.11 Å². The van der Waals surface area contributed by atoms with Crippen LogP contribution >= 0.6 is 35.4 Å². The fourth-order valence-electron chi connectivity index (χ4n) is 1.94. The minimum absolute atomic E-state index is 0.0445. The molecule has 0 aliphatic rings. The van der Waals surface area contributed by atoms with E-state index in [1.165, 1.54) is 0 Å². The Morgan fingerprint density at radius 3 is 2.24 bits per heavy atom. The zero-order valence-electron chi connectivity index (χ0n) is 12.6. The van der Waals surface area contributed by atoms with E-state index in [0.717, 1.165) is 17.7 Å². The van der Waals surface area contributed by atoms with Crippen molar-refractivity contribution < 1.29 is 17.6 Å². The van der Waals surface area contributed by atoms with Gasteiger partial charge >= 0.3 is 6.18 Å². The highest BCUT2D eigenvalue weighted by atomic mass is 35.5. The molecule has 0 radical (unpaired) electrons. The molecule has 0 atom stereocenters. The van der Waals surface area contributed by atoms with Crippen molar-refractivity contribution in [1.29, 1.82) is 0 Å². The van der Waals surface area contributed by atoms with Crippen LogP contribution in [-0.2, 0) is 19.3 Å². The number of rotatable bonds is 4. The topological polar surface area (TPSA) is 24.1 Å². The lowest BCUT2D eigenvalue weighted by Gasteiger charge is -2.13. The molecule has 0 amide bonds. The zero-order valence-corrected chi connectivity index (χ0v) is 14.9. The summed E-state index contributed by atoms with van der Waals surface area (Å²) in [6.45, 7) is 0.315. The Morgan fingerprint density at radius 1 is 0.960 bits per heavy atom. The Balaban J connectivity index is 1.88. The Morgan fingerprint density at radius 2 is 1.64 bits per heavy atom. The Labute approximate surface area is 157 Å². The number of halogens is 6. The van der Waals surface area contributed by atoms with Crippen LogP contribution in [0.3, 0.4) is 0 Å². The highest BCUT2D eigenvalue weighted by molar-refractivity contribution is 7.80. The summed E-state index contributed by atoms with van der Waals surface area (Å²) in [5.41, 5.74) is -0.125. The van der Waals surface area contributed by atoms with Gasteiger partial charge in [-0.3, -0.25) is 0 Å². The third-order valence-electron chi connectivity index (χ3n) is 3.26. The van der Waals surface area contributed by atoms with Gasteiger partial charge in [0.25, 0.3) is 0 Å². The van der Waals surface area contributed by atoms with Crippen LogP contribution in [0.4, 0.5) is 17.6 Å². The van der Waals surface area contributed by atoms with Gasteiger partial charge in [0.2, 0.25) is 0 Å². The molecule has 0 fully saturated rings. The first-order valence-electron chi connectivity index (χ1n) is 6.98. The number of hydrogen-bond donors (Lipinski definition) is 2. The molecule has 134 valence electrons. The van der Waals surface area contributed by atoms with E-state index in [0.29, 0.717) is 22.7 Å². The number of thiocarbonyl (C=S) groups is 1. The van der Waals surface area contributed by atoms with Gasteiger partial charge in [-0.05, 0) is 42.0 Å². The molecule has 0 saturated carbocycles. The molecule has 0 bridgehead atoms. The second-order valence-electron chi connectivity index (χ2n) is 5.09. The fourth-order valence-corrected chi connectivity index (χ4v) is 2.40. The molecule has 25 heavy (non-hydrogen) atoms. The summed E-state index contributed by atoms with van der Waals surface area (Å²) in [4.78, 5) is 0. The maximum Gasteiger partial charge on any atom is 0.416 e. The lowest BCUT2D eigenvalue weighted by Crippen LogP contribution is -2.34. The Hall–Kier alpha value is -1.57. The maximum atomic E-state index is 13.7. The Bertz CT molecular complexity index is 781. The summed E-state index contributed by atoms with van der Waals surface area (Å²) in [7, 11) is 0. The standard InChI is InChI=1S/C16H12Cl2F4N2S/c17-12-4-1-9(5-13(12)18)7-23-15(25)24-8-10-2-3-11(6-14(10)19)16(20,21)22/h1-6H,7-8H2,(H2,23,24,25). The van der Waals surface area contributed by atoms with E-state index in [-0.39, 0.29) is 17.2 Å². The molecule has 0 heterocycles. The first kappa shape index (κ1) is 19.8. The summed E-state index contributed by atoms with van der Waals surface area (Å²) in [5.74, 6) is -0.949. The third kappa shape index (κ3) is 5.73. The molecular formula is C16H12Cl2F4N2S. The molecule has 0 aliphatic heterocycles. The van der Waals surface area contributed by atoms with Crippen LogP contribution in [0.1, 0.15) is 16.7 Å². The van der Waals surface area contributed by atoms with Gasteiger partial charge < -0.3 is 10.6 Å². The average Bonchev–Trinajstić information content (AvgIpc) is 2.54. The van der Waals surface area contributed by atoms with E-state index in [1.54, 1.807) is 18.2 Å². The first-order valence-corrected chi connectivity index (χ1v) is 8.14. The van der Waals surface area contributed by atoms with Crippen molar-refractivity contribution in [3.8, 4) is 0 Å². The van der Waals surface area contributed by atoms with Gasteiger partial charge in [-0.15, -0.1) is 0 Å². The van der Waals surface area contributed by atoms with E-state index in [1.807, 2.05) is 0 Å².